The number of hydrogen-bond acceptors (Lipinski definition) is 6. The number of halogens is 1. The van der Waals surface area contributed by atoms with Crippen molar-refractivity contribution in [3.8, 4) is 0 Å². The summed E-state index contributed by atoms with van der Waals surface area (Å²) in [6, 6.07) is 11.8. The number of anilines is 1. The number of aromatic amines is 1. The molecular formula is C24H25ClN6O. The Morgan fingerprint density at radius 3 is 2.88 bits per heavy atom. The van der Waals surface area contributed by atoms with E-state index in [0.717, 1.165) is 58.3 Å². The molecule has 1 fully saturated rings. The van der Waals surface area contributed by atoms with E-state index >= 15 is 0 Å². The molecule has 0 spiro atoms. The van der Waals surface area contributed by atoms with Crippen LogP contribution in [-0.2, 0) is 17.9 Å². The van der Waals surface area contributed by atoms with Crippen LogP contribution in [0.3, 0.4) is 0 Å². The van der Waals surface area contributed by atoms with Gasteiger partial charge >= 0.3 is 0 Å². The normalized spacial score (nSPS) is 17.9. The second-order valence-electron chi connectivity index (χ2n) is 8.44. The number of carbonyl (C=O) groups excluding carboxylic acids is 1. The highest BCUT2D eigenvalue weighted by Crippen LogP contribution is 2.27. The summed E-state index contributed by atoms with van der Waals surface area (Å²) < 4.78 is 0. The van der Waals surface area contributed by atoms with Crippen molar-refractivity contribution in [1.82, 2.24) is 24.8 Å². The van der Waals surface area contributed by atoms with E-state index in [1.165, 1.54) is 17.6 Å². The smallest absolute Gasteiger partial charge is 0.138 e. The van der Waals surface area contributed by atoms with Gasteiger partial charge in [-0.2, -0.15) is 0 Å². The van der Waals surface area contributed by atoms with Gasteiger partial charge < -0.3 is 15.5 Å². The summed E-state index contributed by atoms with van der Waals surface area (Å²) >= 11 is 6.17. The quantitative estimate of drug-likeness (QED) is 0.454. The minimum absolute atomic E-state index is 0.158. The minimum atomic E-state index is -0.158. The fourth-order valence-corrected chi connectivity index (χ4v) is 4.74. The van der Waals surface area contributed by atoms with E-state index in [9.17, 15) is 4.79 Å². The largest absolute Gasteiger partial charge is 0.383 e. The van der Waals surface area contributed by atoms with Gasteiger partial charge in [-0.25, -0.2) is 9.97 Å². The SMILES string of the molecule is Cc1c(CN2CCN(Cc3ccc4c(N)ncnc4c3)C(C=O)C2)[nH]c2ccc(Cl)cc12. The predicted octanol–water partition coefficient (Wildman–Crippen LogP) is 3.54. The number of aromatic nitrogens is 3. The maximum Gasteiger partial charge on any atom is 0.138 e. The third kappa shape index (κ3) is 3.95. The number of piperazine rings is 1. The van der Waals surface area contributed by atoms with Gasteiger partial charge in [0.25, 0.3) is 0 Å². The van der Waals surface area contributed by atoms with Crippen LogP contribution in [0.25, 0.3) is 21.8 Å². The third-order valence-corrected chi connectivity index (χ3v) is 6.63. The Morgan fingerprint density at radius 2 is 2.03 bits per heavy atom. The molecule has 0 aliphatic carbocycles. The highest BCUT2D eigenvalue weighted by atomic mass is 35.5. The van der Waals surface area contributed by atoms with E-state index < -0.39 is 0 Å². The summed E-state index contributed by atoms with van der Waals surface area (Å²) in [7, 11) is 0. The molecular weight excluding hydrogens is 424 g/mol. The molecule has 3 heterocycles. The standard InChI is InChI=1S/C24H25ClN6O/c1-15-20-9-17(25)3-5-21(20)29-23(15)12-30-6-7-31(18(11-30)13-32)10-16-2-4-19-22(8-16)27-14-28-24(19)26/h2-5,8-9,13-14,18,29H,6-7,10-12H2,1H3,(H2,26,27,28). The van der Waals surface area contributed by atoms with Crippen LogP contribution in [0.4, 0.5) is 5.82 Å². The third-order valence-electron chi connectivity index (χ3n) is 6.40. The first-order valence-corrected chi connectivity index (χ1v) is 11.1. The van der Waals surface area contributed by atoms with Crippen molar-refractivity contribution in [2.75, 3.05) is 25.4 Å². The molecule has 4 aromatic rings. The zero-order valence-corrected chi connectivity index (χ0v) is 18.6. The van der Waals surface area contributed by atoms with E-state index in [4.69, 9.17) is 17.3 Å². The number of H-pyrrole nitrogens is 1. The molecule has 7 nitrogen and oxygen atoms in total. The highest BCUT2D eigenvalue weighted by Gasteiger charge is 2.27. The summed E-state index contributed by atoms with van der Waals surface area (Å²) in [5.74, 6) is 0.482. The Hall–Kier alpha value is -3.00. The van der Waals surface area contributed by atoms with Crippen LogP contribution in [0.15, 0.2) is 42.7 Å². The number of nitrogens with one attached hydrogen (secondary N) is 1. The molecule has 1 aliphatic rings. The summed E-state index contributed by atoms with van der Waals surface area (Å²) in [5.41, 5.74) is 11.3. The van der Waals surface area contributed by atoms with Crippen molar-refractivity contribution in [2.45, 2.75) is 26.1 Å². The van der Waals surface area contributed by atoms with Gasteiger partial charge in [0.2, 0.25) is 0 Å². The molecule has 0 bridgehead atoms. The van der Waals surface area contributed by atoms with Gasteiger partial charge in [-0.1, -0.05) is 17.7 Å². The molecule has 3 N–H and O–H groups in total. The lowest BCUT2D eigenvalue weighted by atomic mass is 10.1. The molecule has 32 heavy (non-hydrogen) atoms. The van der Waals surface area contributed by atoms with Crippen molar-refractivity contribution in [3.05, 3.63) is 64.6 Å². The molecule has 0 saturated carbocycles. The zero-order valence-electron chi connectivity index (χ0n) is 17.9. The topological polar surface area (TPSA) is 91.1 Å². The lowest BCUT2D eigenvalue weighted by Crippen LogP contribution is -2.53. The van der Waals surface area contributed by atoms with Crippen LogP contribution >= 0.6 is 11.6 Å². The van der Waals surface area contributed by atoms with Crippen LogP contribution in [0.5, 0.6) is 0 Å². The summed E-state index contributed by atoms with van der Waals surface area (Å²) in [4.78, 5) is 28.4. The molecule has 0 radical (unpaired) electrons. The van der Waals surface area contributed by atoms with Crippen molar-refractivity contribution >= 4 is 45.5 Å². The van der Waals surface area contributed by atoms with Gasteiger partial charge in [-0.3, -0.25) is 9.80 Å². The number of aldehydes is 1. The number of nitrogen functional groups attached to an aromatic ring is 1. The Morgan fingerprint density at radius 1 is 1.16 bits per heavy atom. The number of rotatable bonds is 5. The van der Waals surface area contributed by atoms with Crippen LogP contribution < -0.4 is 5.73 Å². The first-order valence-electron chi connectivity index (χ1n) is 10.7. The fourth-order valence-electron chi connectivity index (χ4n) is 4.57. The number of aryl methyl sites for hydroxylation is 1. The van der Waals surface area contributed by atoms with Crippen LogP contribution in [-0.4, -0.2) is 56.7 Å². The molecule has 5 rings (SSSR count). The number of hydrogen-bond donors (Lipinski definition) is 2. The number of nitrogens with zero attached hydrogens (tertiary/aromatic N) is 4. The molecule has 1 atom stereocenters. The van der Waals surface area contributed by atoms with Crippen molar-refractivity contribution < 1.29 is 4.79 Å². The molecule has 1 saturated heterocycles. The summed E-state index contributed by atoms with van der Waals surface area (Å²) in [5, 5.41) is 2.74. The average Bonchev–Trinajstić information content (AvgIpc) is 3.09. The van der Waals surface area contributed by atoms with Crippen LogP contribution in [0.2, 0.25) is 5.02 Å². The van der Waals surface area contributed by atoms with Gasteiger partial charge in [0.1, 0.15) is 18.4 Å². The van der Waals surface area contributed by atoms with Gasteiger partial charge in [-0.15, -0.1) is 0 Å². The summed E-state index contributed by atoms with van der Waals surface area (Å²) in [6.45, 7) is 6.00. The van der Waals surface area contributed by atoms with Crippen molar-refractivity contribution in [3.63, 3.8) is 0 Å². The first kappa shape index (κ1) is 20.9. The zero-order chi connectivity index (χ0) is 22.2. The van der Waals surface area contributed by atoms with Gasteiger partial charge in [0.05, 0.1) is 11.6 Å². The Bertz CT molecular complexity index is 1300. The molecule has 2 aromatic heterocycles. The highest BCUT2D eigenvalue weighted by molar-refractivity contribution is 6.31. The van der Waals surface area contributed by atoms with Crippen LogP contribution in [0, 0.1) is 6.92 Å². The summed E-state index contributed by atoms with van der Waals surface area (Å²) in [6.07, 6.45) is 2.54. The van der Waals surface area contributed by atoms with Gasteiger partial charge in [0.15, 0.2) is 0 Å². The molecule has 1 unspecified atom stereocenters. The molecule has 0 amide bonds. The number of nitrogens with two attached hydrogens (primary N) is 1. The predicted molar refractivity (Wildman–Crippen MR) is 128 cm³/mol. The molecule has 1 aliphatic heterocycles. The van der Waals surface area contributed by atoms with E-state index in [1.807, 2.05) is 36.4 Å². The van der Waals surface area contributed by atoms with E-state index in [0.29, 0.717) is 18.9 Å². The fraction of sp³-hybridized carbons (Fsp3) is 0.292. The lowest BCUT2D eigenvalue weighted by Gasteiger charge is -2.39. The van der Waals surface area contributed by atoms with Crippen LogP contribution in [0.1, 0.15) is 16.8 Å². The van der Waals surface area contributed by atoms with E-state index in [-0.39, 0.29) is 6.04 Å². The first-order chi connectivity index (χ1) is 15.5. The second kappa shape index (κ2) is 8.50. The van der Waals surface area contributed by atoms with Crippen molar-refractivity contribution in [1.29, 1.82) is 0 Å². The molecule has 2 aromatic carbocycles. The van der Waals surface area contributed by atoms with Gasteiger partial charge in [0, 0.05) is 59.7 Å². The molecule has 164 valence electrons. The average molecular weight is 449 g/mol. The Kier molecular flexibility index (Phi) is 5.55. The minimum Gasteiger partial charge on any atom is -0.383 e. The Balaban J connectivity index is 1.29. The Labute approximate surface area is 191 Å². The van der Waals surface area contributed by atoms with Crippen molar-refractivity contribution in [2.24, 2.45) is 0 Å². The monoisotopic (exact) mass is 448 g/mol. The maximum absolute atomic E-state index is 11.9. The van der Waals surface area contributed by atoms with E-state index in [2.05, 4.69) is 31.7 Å². The molecule has 8 heteroatoms. The number of carbonyl (C=O) groups is 1. The number of benzene rings is 2. The number of fused-ring (bicyclic) bond motifs is 2. The lowest BCUT2D eigenvalue weighted by molar-refractivity contribution is -0.115. The van der Waals surface area contributed by atoms with Gasteiger partial charge in [-0.05, 0) is 48.4 Å². The van der Waals surface area contributed by atoms with E-state index in [1.54, 1.807) is 0 Å². The second-order valence-corrected chi connectivity index (χ2v) is 8.87. The maximum atomic E-state index is 11.9.